The van der Waals surface area contributed by atoms with Gasteiger partial charge in [-0.1, -0.05) is 12.1 Å². The molecule has 0 atom stereocenters. The Morgan fingerprint density at radius 3 is 2.62 bits per heavy atom. The van der Waals surface area contributed by atoms with E-state index in [1.807, 2.05) is 0 Å². The zero-order valence-corrected chi connectivity index (χ0v) is 8.02. The van der Waals surface area contributed by atoms with Gasteiger partial charge in [0.1, 0.15) is 5.75 Å². The van der Waals surface area contributed by atoms with Gasteiger partial charge < -0.3 is 9.84 Å². The summed E-state index contributed by atoms with van der Waals surface area (Å²) >= 11 is 0. The minimum absolute atomic E-state index is 0.106. The molecule has 0 aromatic heterocycles. The molecule has 16 heavy (non-hydrogen) atoms. The summed E-state index contributed by atoms with van der Waals surface area (Å²) in [5.74, 6) is -2.67. The average molecular weight is 230 g/mol. The largest absolute Gasteiger partial charge is 0.475 e. The molecule has 0 saturated heterocycles. The molecule has 0 spiro atoms. The smallest absolute Gasteiger partial charge is 0.387 e. The fourth-order valence-corrected chi connectivity index (χ4v) is 1.09. The minimum Gasteiger partial charge on any atom is -0.475 e. The Labute approximate surface area is 89.5 Å². The number of carboxylic acids is 1. The molecule has 1 aromatic rings. The molecule has 0 bridgehead atoms. The number of hydrogen-bond acceptors (Lipinski definition) is 3. The Morgan fingerprint density at radius 2 is 2.06 bits per heavy atom. The molecule has 0 aliphatic heterocycles. The monoisotopic (exact) mass is 230 g/mol. The topological polar surface area (TPSA) is 63.6 Å². The van der Waals surface area contributed by atoms with Gasteiger partial charge in [0.25, 0.3) is 0 Å². The molecule has 0 saturated carbocycles. The van der Waals surface area contributed by atoms with Crippen LogP contribution >= 0.6 is 0 Å². The third kappa shape index (κ3) is 3.64. The van der Waals surface area contributed by atoms with Gasteiger partial charge in [-0.2, -0.15) is 8.78 Å². The van der Waals surface area contributed by atoms with E-state index in [0.29, 0.717) is 5.56 Å². The van der Waals surface area contributed by atoms with E-state index in [9.17, 15) is 18.4 Å². The first-order valence-corrected chi connectivity index (χ1v) is 4.29. The van der Waals surface area contributed by atoms with Crippen LogP contribution in [0.15, 0.2) is 24.3 Å². The van der Waals surface area contributed by atoms with Crippen LogP contribution in [0.2, 0.25) is 0 Å². The van der Waals surface area contributed by atoms with Crippen LogP contribution in [-0.4, -0.2) is 23.5 Å². The maximum absolute atomic E-state index is 11.9. The number of ketones is 1. The molecule has 0 aliphatic rings. The van der Waals surface area contributed by atoms with Crippen LogP contribution < -0.4 is 4.74 Å². The van der Waals surface area contributed by atoms with Gasteiger partial charge in [-0.05, 0) is 17.7 Å². The van der Waals surface area contributed by atoms with Gasteiger partial charge in [-0.15, -0.1) is 0 Å². The molecular weight excluding hydrogens is 222 g/mol. The number of carbonyl (C=O) groups is 2. The lowest BCUT2D eigenvalue weighted by atomic mass is 10.1. The van der Waals surface area contributed by atoms with E-state index in [1.54, 1.807) is 0 Å². The molecule has 0 aliphatic carbocycles. The maximum Gasteiger partial charge on any atom is 0.387 e. The highest BCUT2D eigenvalue weighted by Crippen LogP contribution is 2.16. The predicted octanol–water partition coefficient (Wildman–Crippen LogP) is 1.48. The molecule has 0 fully saturated rings. The van der Waals surface area contributed by atoms with Crippen molar-refractivity contribution in [2.45, 2.75) is 13.0 Å². The summed E-state index contributed by atoms with van der Waals surface area (Å²) in [6.45, 7) is -2.95. The average Bonchev–Trinajstić information content (AvgIpc) is 2.16. The fraction of sp³-hybridized carbons (Fsp3) is 0.200. The molecule has 0 radical (unpaired) electrons. The number of benzene rings is 1. The van der Waals surface area contributed by atoms with Crippen LogP contribution in [0.3, 0.4) is 0 Å². The third-order valence-corrected chi connectivity index (χ3v) is 1.73. The highest BCUT2D eigenvalue weighted by atomic mass is 19.3. The Balaban J connectivity index is 2.74. The van der Waals surface area contributed by atoms with E-state index in [1.165, 1.54) is 24.3 Å². The molecule has 0 unspecified atom stereocenters. The van der Waals surface area contributed by atoms with Crippen molar-refractivity contribution >= 4 is 11.8 Å². The highest BCUT2D eigenvalue weighted by Gasteiger charge is 2.13. The van der Waals surface area contributed by atoms with Crippen LogP contribution in [0.1, 0.15) is 5.56 Å². The Kier molecular flexibility index (Phi) is 3.93. The van der Waals surface area contributed by atoms with E-state index >= 15 is 0 Å². The van der Waals surface area contributed by atoms with Crippen molar-refractivity contribution in [2.75, 3.05) is 0 Å². The second-order valence-corrected chi connectivity index (χ2v) is 2.93. The normalized spacial score (nSPS) is 10.2. The Morgan fingerprint density at radius 1 is 1.38 bits per heavy atom. The molecule has 1 aromatic carbocycles. The molecule has 6 heteroatoms. The van der Waals surface area contributed by atoms with Crippen molar-refractivity contribution < 1.29 is 28.2 Å². The maximum atomic E-state index is 11.9. The van der Waals surface area contributed by atoms with Gasteiger partial charge in [-0.25, -0.2) is 4.79 Å². The minimum atomic E-state index is -2.95. The van der Waals surface area contributed by atoms with Crippen molar-refractivity contribution in [3.63, 3.8) is 0 Å². The molecule has 4 nitrogen and oxygen atoms in total. The number of carboxylic acid groups (broad SMARTS) is 1. The zero-order valence-electron chi connectivity index (χ0n) is 8.02. The number of Topliss-reactive ketones (excluding diaryl/α,β-unsaturated/α-hetero) is 1. The van der Waals surface area contributed by atoms with Crippen molar-refractivity contribution in [1.82, 2.24) is 0 Å². The molecule has 1 N–H and O–H groups in total. The highest BCUT2D eigenvalue weighted by molar-refractivity contribution is 6.33. The van der Waals surface area contributed by atoms with Crippen molar-refractivity contribution in [3.8, 4) is 5.75 Å². The Bertz CT molecular complexity index is 404. The van der Waals surface area contributed by atoms with Crippen molar-refractivity contribution in [3.05, 3.63) is 29.8 Å². The number of alkyl halides is 2. The zero-order chi connectivity index (χ0) is 12.1. The van der Waals surface area contributed by atoms with Crippen molar-refractivity contribution in [2.24, 2.45) is 0 Å². The number of carbonyl (C=O) groups excluding carboxylic acids is 1. The summed E-state index contributed by atoms with van der Waals surface area (Å²) in [5, 5.41) is 8.36. The van der Waals surface area contributed by atoms with Gasteiger partial charge in [0.05, 0.1) is 0 Å². The molecular formula is C10H8F2O4. The van der Waals surface area contributed by atoms with Crippen LogP contribution in [0, 0.1) is 0 Å². The molecule has 0 heterocycles. The summed E-state index contributed by atoms with van der Waals surface area (Å²) in [5.41, 5.74) is 0.311. The third-order valence-electron chi connectivity index (χ3n) is 1.73. The standard InChI is InChI=1S/C10H8F2O4/c11-10(12)16-7-3-1-2-6(4-7)5-8(13)9(14)15/h1-4,10H,5H2,(H,14,15). The predicted molar refractivity (Wildman–Crippen MR) is 49.4 cm³/mol. The summed E-state index contributed by atoms with van der Waals surface area (Å²) < 4.78 is 27.8. The molecule has 86 valence electrons. The lowest BCUT2D eigenvalue weighted by Gasteiger charge is -2.05. The van der Waals surface area contributed by atoms with Gasteiger partial charge in [0.15, 0.2) is 0 Å². The van der Waals surface area contributed by atoms with E-state index in [-0.39, 0.29) is 12.2 Å². The van der Waals surface area contributed by atoms with Crippen LogP contribution in [0.4, 0.5) is 8.78 Å². The number of ether oxygens (including phenoxy) is 1. The summed E-state index contributed by atoms with van der Waals surface area (Å²) in [4.78, 5) is 21.1. The number of rotatable bonds is 5. The second kappa shape index (κ2) is 5.20. The van der Waals surface area contributed by atoms with Crippen LogP contribution in [-0.2, 0) is 16.0 Å². The summed E-state index contributed by atoms with van der Waals surface area (Å²) in [6.07, 6.45) is -0.351. The number of halogens is 2. The molecule has 0 amide bonds. The van der Waals surface area contributed by atoms with E-state index in [4.69, 9.17) is 5.11 Å². The van der Waals surface area contributed by atoms with E-state index < -0.39 is 18.4 Å². The Hall–Kier alpha value is -1.98. The first-order valence-electron chi connectivity index (χ1n) is 4.29. The lowest BCUT2D eigenvalue weighted by molar-refractivity contribution is -0.148. The van der Waals surface area contributed by atoms with Crippen LogP contribution in [0.5, 0.6) is 5.75 Å². The SMILES string of the molecule is O=C(O)C(=O)Cc1cccc(OC(F)F)c1. The van der Waals surface area contributed by atoms with Gasteiger partial charge in [-0.3, -0.25) is 4.79 Å². The fourth-order valence-electron chi connectivity index (χ4n) is 1.09. The number of hydrogen-bond donors (Lipinski definition) is 1. The summed E-state index contributed by atoms with van der Waals surface area (Å²) in [7, 11) is 0. The van der Waals surface area contributed by atoms with Gasteiger partial charge in [0.2, 0.25) is 5.78 Å². The second-order valence-electron chi connectivity index (χ2n) is 2.93. The van der Waals surface area contributed by atoms with E-state index in [0.717, 1.165) is 0 Å². The summed E-state index contributed by atoms with van der Waals surface area (Å²) in [6, 6.07) is 5.36. The first kappa shape index (κ1) is 12.1. The lowest BCUT2D eigenvalue weighted by Crippen LogP contribution is -2.15. The van der Waals surface area contributed by atoms with Crippen molar-refractivity contribution in [1.29, 1.82) is 0 Å². The van der Waals surface area contributed by atoms with Crippen LogP contribution in [0.25, 0.3) is 0 Å². The van der Waals surface area contributed by atoms with Gasteiger partial charge in [0, 0.05) is 6.42 Å². The van der Waals surface area contributed by atoms with Gasteiger partial charge >= 0.3 is 12.6 Å². The number of aliphatic carboxylic acids is 1. The van der Waals surface area contributed by atoms with E-state index in [2.05, 4.69) is 4.74 Å². The molecule has 1 rings (SSSR count). The quantitative estimate of drug-likeness (QED) is 0.778. The first-order chi connectivity index (χ1) is 7.49.